The molecule has 6 nitrogen and oxygen atoms in total. The largest absolute Gasteiger partial charge is 0.298 e. The third-order valence-corrected chi connectivity index (χ3v) is 8.51. The van der Waals surface area contributed by atoms with E-state index in [-0.39, 0.29) is 16.7 Å². The zero-order chi connectivity index (χ0) is 23.6. The van der Waals surface area contributed by atoms with Gasteiger partial charge in [0, 0.05) is 35.5 Å². The normalized spacial score (nSPS) is 15.2. The lowest BCUT2D eigenvalue weighted by Gasteiger charge is -2.28. The number of aromatic nitrogens is 1. The number of sulfonamides is 1. The van der Waals surface area contributed by atoms with Gasteiger partial charge in [0.05, 0.1) is 10.6 Å². The van der Waals surface area contributed by atoms with E-state index in [0.29, 0.717) is 36.6 Å². The summed E-state index contributed by atoms with van der Waals surface area (Å²) in [5, 5.41) is 5.21. The number of rotatable bonds is 5. The average Bonchev–Trinajstić information content (AvgIpc) is 3.29. The zero-order valence-electron chi connectivity index (χ0n) is 18.5. The van der Waals surface area contributed by atoms with Crippen LogP contribution in [0.15, 0.2) is 52.7 Å². The quantitative estimate of drug-likeness (QED) is 0.538. The van der Waals surface area contributed by atoms with Crippen molar-refractivity contribution in [2.75, 3.05) is 18.4 Å². The predicted octanol–water partition coefficient (Wildman–Crippen LogP) is 4.71. The molecule has 1 amide bonds. The Labute approximate surface area is 198 Å². The molecule has 8 heteroatoms. The minimum atomic E-state index is -3.61. The molecule has 0 aliphatic carbocycles. The molecule has 2 heterocycles. The van der Waals surface area contributed by atoms with Crippen molar-refractivity contribution in [1.82, 2.24) is 9.29 Å². The Kier molecular flexibility index (Phi) is 6.66. The highest BCUT2D eigenvalue weighted by Crippen LogP contribution is 2.29. The molecule has 1 aromatic heterocycles. The zero-order valence-corrected chi connectivity index (χ0v) is 20.2. The Hall–Kier alpha value is -2.99. The summed E-state index contributed by atoms with van der Waals surface area (Å²) in [5.41, 5.74) is 4.47. The van der Waals surface area contributed by atoms with Crippen molar-refractivity contribution in [1.29, 1.82) is 0 Å². The lowest BCUT2D eigenvalue weighted by atomic mass is 10.00. The van der Waals surface area contributed by atoms with Gasteiger partial charge >= 0.3 is 0 Å². The third-order valence-electron chi connectivity index (χ3n) is 5.84. The lowest BCUT2D eigenvalue weighted by Crippen LogP contribution is -2.38. The Morgan fingerprint density at radius 1 is 1.15 bits per heavy atom. The van der Waals surface area contributed by atoms with E-state index in [1.54, 1.807) is 0 Å². The van der Waals surface area contributed by atoms with Crippen LogP contribution in [-0.4, -0.2) is 36.7 Å². The summed E-state index contributed by atoms with van der Waals surface area (Å²) in [7, 11) is -3.61. The first-order valence-electron chi connectivity index (χ1n) is 10.7. The number of terminal acetylenes is 1. The molecule has 0 bridgehead atoms. The molecule has 1 aliphatic heterocycles. The second-order valence-corrected chi connectivity index (χ2v) is 11.0. The van der Waals surface area contributed by atoms with Crippen molar-refractivity contribution in [3.63, 3.8) is 0 Å². The molecule has 170 valence electrons. The fraction of sp³-hybridized carbons (Fsp3) is 0.280. The second-order valence-electron chi connectivity index (χ2n) is 8.18. The number of hydrogen-bond donors (Lipinski definition) is 1. The SMILES string of the molecule is C#CC1CCN(S(=O)(=O)c2ccc(C(=O)Nc3nc(-c4cc(C)ccc4C)cs3)cc2)CC1. The first-order chi connectivity index (χ1) is 15.8. The fourth-order valence-electron chi connectivity index (χ4n) is 3.83. The number of carbonyl (C=O) groups excluding carboxylic acids is 1. The van der Waals surface area contributed by atoms with Crippen LogP contribution in [0.5, 0.6) is 0 Å². The summed E-state index contributed by atoms with van der Waals surface area (Å²) in [6.07, 6.45) is 6.77. The Bertz CT molecular complexity index is 1310. The number of aryl methyl sites for hydroxylation is 2. The molecule has 0 unspecified atom stereocenters. The summed E-state index contributed by atoms with van der Waals surface area (Å²) < 4.78 is 27.3. The molecule has 1 N–H and O–H groups in total. The van der Waals surface area contributed by atoms with Crippen molar-refractivity contribution in [2.45, 2.75) is 31.6 Å². The van der Waals surface area contributed by atoms with E-state index in [0.717, 1.165) is 22.4 Å². The van der Waals surface area contributed by atoms with Gasteiger partial charge in [-0.3, -0.25) is 10.1 Å². The molecule has 4 rings (SSSR count). The number of thiazole rings is 1. The molecule has 0 saturated carbocycles. The van der Waals surface area contributed by atoms with Crippen LogP contribution in [0.1, 0.15) is 34.3 Å². The van der Waals surface area contributed by atoms with Crippen molar-refractivity contribution < 1.29 is 13.2 Å². The van der Waals surface area contributed by atoms with E-state index in [4.69, 9.17) is 6.42 Å². The monoisotopic (exact) mass is 479 g/mol. The number of amides is 1. The maximum atomic E-state index is 12.9. The van der Waals surface area contributed by atoms with E-state index >= 15 is 0 Å². The molecule has 0 spiro atoms. The minimum absolute atomic E-state index is 0.128. The minimum Gasteiger partial charge on any atom is -0.298 e. The molecule has 1 aliphatic rings. The van der Waals surface area contributed by atoms with Crippen LogP contribution in [0.4, 0.5) is 5.13 Å². The lowest BCUT2D eigenvalue weighted by molar-refractivity contribution is 0.102. The number of hydrogen-bond acceptors (Lipinski definition) is 5. The number of piperidine rings is 1. The van der Waals surface area contributed by atoms with Crippen LogP contribution in [0.2, 0.25) is 0 Å². The van der Waals surface area contributed by atoms with Crippen molar-refractivity contribution in [2.24, 2.45) is 5.92 Å². The van der Waals surface area contributed by atoms with Gasteiger partial charge in [-0.25, -0.2) is 13.4 Å². The summed E-state index contributed by atoms with van der Waals surface area (Å²) in [6, 6.07) is 12.2. The van der Waals surface area contributed by atoms with E-state index in [2.05, 4.69) is 34.4 Å². The third kappa shape index (κ3) is 5.01. The maximum absolute atomic E-state index is 12.9. The molecular formula is C25H25N3O3S2. The van der Waals surface area contributed by atoms with Crippen LogP contribution >= 0.6 is 11.3 Å². The summed E-state index contributed by atoms with van der Waals surface area (Å²) in [6.45, 7) is 4.87. The summed E-state index contributed by atoms with van der Waals surface area (Å²) >= 11 is 1.35. The van der Waals surface area contributed by atoms with Crippen LogP contribution in [0.25, 0.3) is 11.3 Å². The number of benzene rings is 2. The van der Waals surface area contributed by atoms with Gasteiger partial charge in [-0.15, -0.1) is 23.7 Å². The highest BCUT2D eigenvalue weighted by molar-refractivity contribution is 7.89. The van der Waals surface area contributed by atoms with Crippen molar-refractivity contribution in [3.05, 3.63) is 64.5 Å². The van der Waals surface area contributed by atoms with Gasteiger partial charge in [-0.2, -0.15) is 4.31 Å². The molecular weight excluding hydrogens is 454 g/mol. The second kappa shape index (κ2) is 9.48. The van der Waals surface area contributed by atoms with Gasteiger partial charge in [0.2, 0.25) is 10.0 Å². The molecule has 3 aromatic rings. The standard InChI is InChI=1S/C25H25N3O3S2/c1-4-19-11-13-28(14-12-19)33(30,31)21-9-7-20(8-10-21)24(29)27-25-26-23(16-32-25)22-15-17(2)5-6-18(22)3/h1,5-10,15-16,19H,11-14H2,2-3H3,(H,26,27,29). The Balaban J connectivity index is 1.45. The number of anilines is 1. The molecule has 2 aromatic carbocycles. The topological polar surface area (TPSA) is 79.4 Å². The van der Waals surface area contributed by atoms with E-state index in [1.165, 1.54) is 39.9 Å². The van der Waals surface area contributed by atoms with E-state index in [1.807, 2.05) is 19.2 Å². The summed E-state index contributed by atoms with van der Waals surface area (Å²) in [5.74, 6) is 2.49. The van der Waals surface area contributed by atoms with Crippen molar-refractivity contribution >= 4 is 32.4 Å². The fourth-order valence-corrected chi connectivity index (χ4v) is 6.00. The highest BCUT2D eigenvalue weighted by Gasteiger charge is 2.28. The predicted molar refractivity (Wildman–Crippen MR) is 132 cm³/mol. The van der Waals surface area contributed by atoms with Crippen LogP contribution in [0.3, 0.4) is 0 Å². The molecule has 1 fully saturated rings. The van der Waals surface area contributed by atoms with Gasteiger partial charge in [0.15, 0.2) is 5.13 Å². The number of nitrogens with one attached hydrogen (secondary N) is 1. The number of nitrogens with zero attached hydrogens (tertiary/aromatic N) is 2. The van der Waals surface area contributed by atoms with Gasteiger partial charge in [0.1, 0.15) is 0 Å². The number of carbonyl (C=O) groups is 1. The van der Waals surface area contributed by atoms with E-state index < -0.39 is 10.0 Å². The van der Waals surface area contributed by atoms with Gasteiger partial charge in [-0.1, -0.05) is 17.7 Å². The smallest absolute Gasteiger partial charge is 0.257 e. The molecule has 0 atom stereocenters. The Morgan fingerprint density at radius 3 is 2.52 bits per heavy atom. The van der Waals surface area contributed by atoms with Crippen molar-refractivity contribution in [3.8, 4) is 23.6 Å². The Morgan fingerprint density at radius 2 is 1.85 bits per heavy atom. The van der Waals surface area contributed by atoms with Crippen LogP contribution < -0.4 is 5.32 Å². The van der Waals surface area contributed by atoms with Crippen LogP contribution in [0, 0.1) is 32.1 Å². The summed E-state index contributed by atoms with van der Waals surface area (Å²) in [4.78, 5) is 17.4. The van der Waals surface area contributed by atoms with Crippen LogP contribution in [-0.2, 0) is 10.0 Å². The average molecular weight is 480 g/mol. The highest BCUT2D eigenvalue weighted by atomic mass is 32.2. The van der Waals surface area contributed by atoms with Gasteiger partial charge < -0.3 is 0 Å². The van der Waals surface area contributed by atoms with E-state index in [9.17, 15) is 13.2 Å². The molecule has 33 heavy (non-hydrogen) atoms. The molecule has 1 saturated heterocycles. The van der Waals surface area contributed by atoms with Gasteiger partial charge in [-0.05, 0) is 62.6 Å². The maximum Gasteiger partial charge on any atom is 0.257 e. The molecule has 0 radical (unpaired) electrons. The van der Waals surface area contributed by atoms with Gasteiger partial charge in [0.25, 0.3) is 5.91 Å². The first kappa shape index (κ1) is 23.2. The first-order valence-corrected chi connectivity index (χ1v) is 13.0.